The van der Waals surface area contributed by atoms with Crippen molar-refractivity contribution >= 4 is 54.9 Å². The molecule has 0 aliphatic rings. The number of amides is 1. The molecule has 1 N–H and O–H groups in total. The van der Waals surface area contributed by atoms with Gasteiger partial charge < -0.3 is 5.32 Å². The number of ketones is 1. The van der Waals surface area contributed by atoms with Gasteiger partial charge in [0.05, 0.1) is 23.1 Å². The topological polar surface area (TPSA) is 81.1 Å². The van der Waals surface area contributed by atoms with Crippen LogP contribution in [0, 0.1) is 20.8 Å². The Morgan fingerprint density at radius 1 is 1.09 bits per heavy atom. The maximum atomic E-state index is 13.1. The zero-order valence-electron chi connectivity index (χ0n) is 17.7. The van der Waals surface area contributed by atoms with Gasteiger partial charge in [0.1, 0.15) is 4.83 Å². The van der Waals surface area contributed by atoms with Gasteiger partial charge in [-0.3, -0.25) is 19.0 Å². The molecule has 2 aromatic carbocycles. The van der Waals surface area contributed by atoms with Crippen molar-refractivity contribution in [2.45, 2.75) is 27.3 Å². The number of benzene rings is 2. The lowest BCUT2D eigenvalue weighted by Gasteiger charge is -2.08. The van der Waals surface area contributed by atoms with Gasteiger partial charge in [-0.1, -0.05) is 45.8 Å². The van der Waals surface area contributed by atoms with Gasteiger partial charge in [0, 0.05) is 15.7 Å². The van der Waals surface area contributed by atoms with Crippen molar-refractivity contribution < 1.29 is 9.59 Å². The minimum Gasteiger partial charge on any atom is -0.321 e. The van der Waals surface area contributed by atoms with Crippen LogP contribution in [-0.4, -0.2) is 21.2 Å². The van der Waals surface area contributed by atoms with E-state index in [1.54, 1.807) is 31.2 Å². The van der Waals surface area contributed by atoms with Crippen molar-refractivity contribution in [3.8, 4) is 0 Å². The molecule has 8 heteroatoms. The van der Waals surface area contributed by atoms with Gasteiger partial charge in [-0.2, -0.15) is 0 Å². The summed E-state index contributed by atoms with van der Waals surface area (Å²) in [5, 5.41) is 3.29. The minimum atomic E-state index is -0.334. The van der Waals surface area contributed by atoms with E-state index in [0.717, 1.165) is 21.3 Å². The van der Waals surface area contributed by atoms with E-state index in [4.69, 9.17) is 0 Å². The van der Waals surface area contributed by atoms with Crippen LogP contribution in [0.15, 0.2) is 58.1 Å². The van der Waals surface area contributed by atoms with E-state index >= 15 is 0 Å². The van der Waals surface area contributed by atoms with Gasteiger partial charge >= 0.3 is 0 Å². The predicted octanol–water partition coefficient (Wildman–Crippen LogP) is 5.28. The lowest BCUT2D eigenvalue weighted by atomic mass is 10.1. The summed E-state index contributed by atoms with van der Waals surface area (Å²) in [5.74, 6) is -0.476. The number of carbonyl (C=O) groups is 2. The molecule has 0 aliphatic heterocycles. The predicted molar refractivity (Wildman–Crippen MR) is 131 cm³/mol. The molecule has 6 nitrogen and oxygen atoms in total. The molecule has 162 valence electrons. The molecule has 0 aliphatic carbocycles. The molecule has 2 heterocycles. The number of rotatable bonds is 5. The number of halogens is 1. The largest absolute Gasteiger partial charge is 0.321 e. The fourth-order valence-corrected chi connectivity index (χ4v) is 4.80. The molecule has 4 aromatic rings. The zero-order chi connectivity index (χ0) is 23.0. The first-order valence-corrected chi connectivity index (χ1v) is 11.5. The lowest BCUT2D eigenvalue weighted by molar-refractivity contribution is 0.0969. The summed E-state index contributed by atoms with van der Waals surface area (Å²) in [6.07, 6.45) is 1.36. The molecule has 0 unspecified atom stereocenters. The second-order valence-corrected chi connectivity index (χ2v) is 9.53. The quantitative estimate of drug-likeness (QED) is 0.371. The molecule has 0 saturated carbocycles. The molecule has 0 bridgehead atoms. The van der Waals surface area contributed by atoms with Crippen LogP contribution in [0.3, 0.4) is 0 Å². The molecule has 2 aromatic heterocycles. The second-order valence-electron chi connectivity index (χ2n) is 7.62. The van der Waals surface area contributed by atoms with Crippen molar-refractivity contribution in [1.82, 2.24) is 9.55 Å². The maximum Gasteiger partial charge on any atom is 0.266 e. The van der Waals surface area contributed by atoms with E-state index in [0.29, 0.717) is 26.2 Å². The molecular formula is C24H20BrN3O3S. The highest BCUT2D eigenvalue weighted by atomic mass is 79.9. The van der Waals surface area contributed by atoms with Crippen molar-refractivity contribution in [1.29, 1.82) is 0 Å². The number of aromatic nitrogens is 2. The smallest absolute Gasteiger partial charge is 0.266 e. The molecular weight excluding hydrogens is 490 g/mol. The first-order chi connectivity index (χ1) is 15.2. The number of aryl methyl sites for hydroxylation is 3. The van der Waals surface area contributed by atoms with Crippen molar-refractivity contribution in [2.75, 3.05) is 5.32 Å². The normalized spacial score (nSPS) is 11.0. The van der Waals surface area contributed by atoms with E-state index in [1.165, 1.54) is 22.2 Å². The Balaban J connectivity index is 1.64. The number of carbonyl (C=O) groups excluding carboxylic acids is 2. The minimum absolute atomic E-state index is 0.122. The van der Waals surface area contributed by atoms with E-state index in [-0.39, 0.29) is 23.8 Å². The molecule has 4 rings (SSSR count). The van der Waals surface area contributed by atoms with Crippen LogP contribution < -0.4 is 10.9 Å². The number of fused-ring (bicyclic) bond motifs is 1. The molecule has 1 amide bonds. The third-order valence-electron chi connectivity index (χ3n) is 5.23. The number of hydrogen-bond donors (Lipinski definition) is 1. The van der Waals surface area contributed by atoms with Crippen LogP contribution in [0.1, 0.15) is 36.7 Å². The first-order valence-electron chi connectivity index (χ1n) is 9.90. The highest BCUT2D eigenvalue weighted by molar-refractivity contribution is 9.10. The lowest BCUT2D eigenvalue weighted by Crippen LogP contribution is -2.24. The summed E-state index contributed by atoms with van der Waals surface area (Å²) in [6, 6.07) is 12.8. The van der Waals surface area contributed by atoms with Gasteiger partial charge in [0.2, 0.25) is 0 Å². The summed E-state index contributed by atoms with van der Waals surface area (Å²) in [6.45, 7) is 5.54. The van der Waals surface area contributed by atoms with Crippen molar-refractivity contribution in [3.05, 3.63) is 90.7 Å². The number of hydrogen-bond acceptors (Lipinski definition) is 5. The Morgan fingerprint density at radius 2 is 1.81 bits per heavy atom. The van der Waals surface area contributed by atoms with Gasteiger partial charge in [0.25, 0.3) is 11.5 Å². The molecule has 0 fully saturated rings. The summed E-state index contributed by atoms with van der Waals surface area (Å²) in [4.78, 5) is 43.9. The van der Waals surface area contributed by atoms with E-state index in [1.807, 2.05) is 32.0 Å². The third kappa shape index (κ3) is 4.28. The number of Topliss-reactive ketones (excluding diaryl/α,β-unsaturated/α-hetero) is 1. The molecule has 0 saturated heterocycles. The fraction of sp³-hybridized carbons (Fsp3) is 0.167. The molecule has 32 heavy (non-hydrogen) atoms. The third-order valence-corrected chi connectivity index (χ3v) is 6.96. The SMILES string of the molecule is Cc1ccc(NC(=O)c2sc3ncn(CC(=O)c4ccc(Br)cc4)c(=O)c3c2C)c(C)c1. The summed E-state index contributed by atoms with van der Waals surface area (Å²) >= 11 is 4.52. The number of thiophene rings is 1. The summed E-state index contributed by atoms with van der Waals surface area (Å²) < 4.78 is 2.16. The second kappa shape index (κ2) is 8.80. The Morgan fingerprint density at radius 3 is 2.50 bits per heavy atom. The Bertz CT molecular complexity index is 1420. The van der Waals surface area contributed by atoms with Gasteiger partial charge in [0.15, 0.2) is 5.78 Å². The van der Waals surface area contributed by atoms with Crippen LogP contribution in [0.25, 0.3) is 10.2 Å². The van der Waals surface area contributed by atoms with Crippen molar-refractivity contribution in [2.24, 2.45) is 0 Å². The van der Waals surface area contributed by atoms with Gasteiger partial charge in [-0.15, -0.1) is 11.3 Å². The van der Waals surface area contributed by atoms with E-state index < -0.39 is 0 Å². The molecule has 0 atom stereocenters. The standard InChI is InChI=1S/C24H20BrN3O3S/c1-13-4-9-18(14(2)10-13)27-22(30)21-15(3)20-23(32-21)26-12-28(24(20)31)11-19(29)16-5-7-17(25)8-6-16/h4-10,12H,11H2,1-3H3,(H,27,30). The number of anilines is 1. The highest BCUT2D eigenvalue weighted by Crippen LogP contribution is 2.28. The van der Waals surface area contributed by atoms with Gasteiger partial charge in [-0.25, -0.2) is 4.98 Å². The average Bonchev–Trinajstić information content (AvgIpc) is 3.10. The summed E-state index contributed by atoms with van der Waals surface area (Å²) in [5.41, 5.74) is 3.54. The molecule has 0 radical (unpaired) electrons. The highest BCUT2D eigenvalue weighted by Gasteiger charge is 2.21. The Hall–Kier alpha value is -3.10. The molecule has 0 spiro atoms. The van der Waals surface area contributed by atoms with E-state index in [9.17, 15) is 14.4 Å². The van der Waals surface area contributed by atoms with Gasteiger partial charge in [-0.05, 0) is 50.1 Å². The summed E-state index contributed by atoms with van der Waals surface area (Å²) in [7, 11) is 0. The fourth-order valence-electron chi connectivity index (χ4n) is 3.50. The van der Waals surface area contributed by atoms with Crippen LogP contribution in [0.2, 0.25) is 0 Å². The van der Waals surface area contributed by atoms with Crippen LogP contribution in [-0.2, 0) is 6.54 Å². The maximum absolute atomic E-state index is 13.1. The first kappa shape index (κ1) is 22.1. The Labute approximate surface area is 197 Å². The Kier molecular flexibility index (Phi) is 6.08. The monoisotopic (exact) mass is 509 g/mol. The van der Waals surface area contributed by atoms with Crippen LogP contribution in [0.4, 0.5) is 5.69 Å². The zero-order valence-corrected chi connectivity index (χ0v) is 20.1. The van der Waals surface area contributed by atoms with Crippen LogP contribution in [0.5, 0.6) is 0 Å². The number of nitrogens with zero attached hydrogens (tertiary/aromatic N) is 2. The van der Waals surface area contributed by atoms with E-state index in [2.05, 4.69) is 26.2 Å². The van der Waals surface area contributed by atoms with Crippen molar-refractivity contribution in [3.63, 3.8) is 0 Å². The van der Waals surface area contributed by atoms with Crippen LogP contribution >= 0.6 is 27.3 Å². The average molecular weight is 510 g/mol. The number of nitrogens with one attached hydrogen (secondary N) is 1.